The fourth-order valence-electron chi connectivity index (χ4n) is 4.81. The van der Waals surface area contributed by atoms with Gasteiger partial charge in [0.05, 0.1) is 26.4 Å². The summed E-state index contributed by atoms with van der Waals surface area (Å²) < 4.78 is 12.5. The Morgan fingerprint density at radius 2 is 1.89 bits per heavy atom. The van der Waals surface area contributed by atoms with Gasteiger partial charge in [-0.25, -0.2) is 19.9 Å². The lowest BCUT2D eigenvalue weighted by Crippen LogP contribution is -2.44. The van der Waals surface area contributed by atoms with E-state index in [0.29, 0.717) is 22.6 Å². The van der Waals surface area contributed by atoms with E-state index >= 15 is 0 Å². The lowest BCUT2D eigenvalue weighted by molar-refractivity contribution is 0.0893. The Labute approximate surface area is 171 Å². The van der Waals surface area contributed by atoms with Crippen molar-refractivity contribution >= 4 is 28.3 Å². The topological polar surface area (TPSA) is 92.1 Å². The molecule has 7 nitrogen and oxygen atoms in total. The molecule has 2 aromatic rings. The number of nitrogens with zero attached hydrogens (tertiary/aromatic N) is 5. The first-order chi connectivity index (χ1) is 13.6. The molecule has 9 heteroatoms. The third-order valence-electron chi connectivity index (χ3n) is 6.30. The van der Waals surface area contributed by atoms with E-state index in [2.05, 4.69) is 19.9 Å². The first-order valence-electron chi connectivity index (χ1n) is 9.67. The molecule has 1 N–H and O–H groups in total. The molecule has 28 heavy (non-hydrogen) atoms. The largest absolute Gasteiger partial charge is 0.396 e. The Morgan fingerprint density at radius 1 is 1.18 bits per heavy atom. The van der Waals surface area contributed by atoms with Crippen molar-refractivity contribution in [1.29, 1.82) is 0 Å². The number of halogens is 1. The highest BCUT2D eigenvalue weighted by atomic mass is 35.5. The standard InChI is InChI=1S/C19H22ClN5O2S/c20-14-7-21-17(22-8-14)13-1-3-25(4-2-13)18-23-9-15-16(24-18)19(11-28(15)27)5-12(6-19)10-26/h7-9,12-13,26H,1-6,10-11H2/t12?,19?,28-/m1/s1. The van der Waals surface area contributed by atoms with Gasteiger partial charge in [0, 0.05) is 55.4 Å². The number of fused-ring (bicyclic) bond motifs is 2. The minimum absolute atomic E-state index is 0.124. The summed E-state index contributed by atoms with van der Waals surface area (Å²) in [6, 6.07) is 0. The van der Waals surface area contributed by atoms with Gasteiger partial charge in [0.2, 0.25) is 5.95 Å². The Hall–Kier alpha value is -1.64. The third kappa shape index (κ3) is 3.02. The molecule has 0 radical (unpaired) electrons. The molecule has 0 amide bonds. The van der Waals surface area contributed by atoms with E-state index in [0.717, 1.165) is 61.1 Å². The fourth-order valence-corrected chi connectivity index (χ4v) is 6.59. The Bertz CT molecular complexity index is 911. The summed E-state index contributed by atoms with van der Waals surface area (Å²) in [6.07, 6.45) is 8.67. The maximum absolute atomic E-state index is 12.5. The average molecular weight is 420 g/mol. The van der Waals surface area contributed by atoms with Gasteiger partial charge in [-0.2, -0.15) is 0 Å². The number of aromatic nitrogens is 4. The molecule has 0 aromatic carbocycles. The van der Waals surface area contributed by atoms with Crippen molar-refractivity contribution in [2.75, 3.05) is 30.3 Å². The molecule has 3 aliphatic rings. The minimum Gasteiger partial charge on any atom is -0.396 e. The number of aliphatic hydroxyl groups is 1. The van der Waals surface area contributed by atoms with Crippen LogP contribution in [-0.2, 0) is 16.2 Å². The van der Waals surface area contributed by atoms with Crippen molar-refractivity contribution in [3.05, 3.63) is 35.1 Å². The van der Waals surface area contributed by atoms with Gasteiger partial charge in [0.15, 0.2) is 0 Å². The molecule has 0 bridgehead atoms. The van der Waals surface area contributed by atoms with E-state index in [-0.39, 0.29) is 12.0 Å². The van der Waals surface area contributed by atoms with Gasteiger partial charge < -0.3 is 10.0 Å². The van der Waals surface area contributed by atoms with Crippen molar-refractivity contribution in [1.82, 2.24) is 19.9 Å². The van der Waals surface area contributed by atoms with Gasteiger partial charge in [-0.15, -0.1) is 0 Å². The monoisotopic (exact) mass is 419 g/mol. The lowest BCUT2D eigenvalue weighted by Gasteiger charge is -2.44. The van der Waals surface area contributed by atoms with Crippen molar-refractivity contribution < 1.29 is 9.32 Å². The Kier molecular flexibility index (Phi) is 4.60. The molecule has 1 saturated heterocycles. The minimum atomic E-state index is -1.03. The molecule has 2 aromatic heterocycles. The van der Waals surface area contributed by atoms with Gasteiger partial charge in [0.25, 0.3) is 0 Å². The zero-order valence-corrected chi connectivity index (χ0v) is 17.0. The number of hydrogen-bond acceptors (Lipinski definition) is 7. The van der Waals surface area contributed by atoms with Crippen LogP contribution in [0.4, 0.5) is 5.95 Å². The van der Waals surface area contributed by atoms with Crippen molar-refractivity contribution in [3.8, 4) is 0 Å². The van der Waals surface area contributed by atoms with Gasteiger partial charge in [-0.3, -0.25) is 4.21 Å². The van der Waals surface area contributed by atoms with Crippen LogP contribution in [0.5, 0.6) is 0 Å². The smallest absolute Gasteiger partial charge is 0.225 e. The molecule has 1 saturated carbocycles. The second-order valence-electron chi connectivity index (χ2n) is 8.13. The highest BCUT2D eigenvalue weighted by molar-refractivity contribution is 7.85. The molecular weight excluding hydrogens is 398 g/mol. The van der Waals surface area contributed by atoms with Gasteiger partial charge in [-0.1, -0.05) is 11.6 Å². The Morgan fingerprint density at radius 3 is 2.57 bits per heavy atom. The summed E-state index contributed by atoms with van der Waals surface area (Å²) in [6.45, 7) is 1.87. The van der Waals surface area contributed by atoms with Crippen LogP contribution in [0.15, 0.2) is 23.5 Å². The first-order valence-corrected chi connectivity index (χ1v) is 11.4. The summed E-state index contributed by atoms with van der Waals surface area (Å²) >= 11 is 5.88. The van der Waals surface area contributed by atoms with E-state index in [9.17, 15) is 9.32 Å². The quantitative estimate of drug-likeness (QED) is 0.813. The molecule has 148 valence electrons. The summed E-state index contributed by atoms with van der Waals surface area (Å²) in [5, 5.41) is 9.96. The molecular formula is C19H22ClN5O2S. The summed E-state index contributed by atoms with van der Waals surface area (Å²) in [5.74, 6) is 2.81. The number of aliphatic hydroxyl groups excluding tert-OH is 1. The van der Waals surface area contributed by atoms with Gasteiger partial charge >= 0.3 is 0 Å². The molecule has 1 atom stereocenters. The predicted molar refractivity (Wildman–Crippen MR) is 106 cm³/mol. The first kappa shape index (κ1) is 18.4. The summed E-state index contributed by atoms with van der Waals surface area (Å²) in [5.41, 5.74) is 0.824. The molecule has 2 fully saturated rings. The number of anilines is 1. The average Bonchev–Trinajstić information content (AvgIpc) is 3.00. The predicted octanol–water partition coefficient (Wildman–Crippen LogP) is 2.07. The van der Waals surface area contributed by atoms with Crippen LogP contribution in [0.3, 0.4) is 0 Å². The normalized spacial score (nSPS) is 29.7. The van der Waals surface area contributed by atoms with Crippen molar-refractivity contribution in [3.63, 3.8) is 0 Å². The third-order valence-corrected chi connectivity index (χ3v) is 8.10. The maximum atomic E-state index is 12.5. The van der Waals surface area contributed by atoms with E-state index in [1.54, 1.807) is 18.6 Å². The lowest BCUT2D eigenvalue weighted by atomic mass is 9.61. The second-order valence-corrected chi connectivity index (χ2v) is 9.99. The van der Waals surface area contributed by atoms with Crippen molar-refractivity contribution in [2.24, 2.45) is 5.92 Å². The van der Waals surface area contributed by atoms with Gasteiger partial charge in [0.1, 0.15) is 5.82 Å². The van der Waals surface area contributed by atoms with Crippen LogP contribution in [0.25, 0.3) is 0 Å². The highest BCUT2D eigenvalue weighted by Gasteiger charge is 2.53. The van der Waals surface area contributed by atoms with Crippen LogP contribution < -0.4 is 4.90 Å². The van der Waals surface area contributed by atoms with Gasteiger partial charge in [-0.05, 0) is 31.6 Å². The zero-order chi connectivity index (χ0) is 19.3. The number of rotatable bonds is 3. The van der Waals surface area contributed by atoms with Crippen LogP contribution in [0.1, 0.15) is 43.1 Å². The van der Waals surface area contributed by atoms with E-state index in [1.807, 2.05) is 0 Å². The number of hydrogen-bond donors (Lipinski definition) is 1. The molecule has 5 rings (SSSR count). The van der Waals surface area contributed by atoms with Crippen LogP contribution >= 0.6 is 11.6 Å². The second kappa shape index (κ2) is 7.00. The van der Waals surface area contributed by atoms with Crippen LogP contribution in [0.2, 0.25) is 5.02 Å². The number of piperidine rings is 1. The summed E-state index contributed by atoms with van der Waals surface area (Å²) in [4.78, 5) is 21.1. The summed E-state index contributed by atoms with van der Waals surface area (Å²) in [7, 11) is -1.03. The molecule has 2 aliphatic heterocycles. The molecule has 1 aliphatic carbocycles. The molecule has 0 unspecified atom stereocenters. The fraction of sp³-hybridized carbons (Fsp3) is 0.579. The maximum Gasteiger partial charge on any atom is 0.225 e. The highest BCUT2D eigenvalue weighted by Crippen LogP contribution is 2.53. The SMILES string of the molecule is O=[S@@]1CC2(CC(CO)C2)c2nc(N3CCC(c4ncc(Cl)cn4)CC3)ncc21. The molecule has 4 heterocycles. The zero-order valence-electron chi connectivity index (χ0n) is 15.4. The molecule has 1 spiro atoms. The van der Waals surface area contributed by atoms with Crippen LogP contribution in [-0.4, -0.2) is 54.7 Å². The van der Waals surface area contributed by atoms with E-state index < -0.39 is 10.8 Å². The Balaban J connectivity index is 1.33. The van der Waals surface area contributed by atoms with E-state index in [4.69, 9.17) is 16.6 Å². The van der Waals surface area contributed by atoms with Crippen molar-refractivity contribution in [2.45, 2.75) is 41.9 Å². The van der Waals surface area contributed by atoms with E-state index in [1.165, 1.54) is 0 Å². The van der Waals surface area contributed by atoms with Crippen LogP contribution in [0, 0.1) is 5.92 Å².